The van der Waals surface area contributed by atoms with Crippen molar-refractivity contribution in [3.8, 4) is 5.75 Å². The van der Waals surface area contributed by atoms with E-state index in [1.807, 2.05) is 6.07 Å². The van der Waals surface area contributed by atoms with Gasteiger partial charge in [0.05, 0.1) is 0 Å². The lowest BCUT2D eigenvalue weighted by Gasteiger charge is -2.32. The van der Waals surface area contributed by atoms with Crippen LogP contribution in [0.3, 0.4) is 0 Å². The summed E-state index contributed by atoms with van der Waals surface area (Å²) in [6.07, 6.45) is 2.07. The van der Waals surface area contributed by atoms with Crippen molar-refractivity contribution in [2.45, 2.75) is 39.3 Å². The number of rotatable bonds is 4. The van der Waals surface area contributed by atoms with Gasteiger partial charge in [-0.15, -0.1) is 0 Å². The lowest BCUT2D eigenvalue weighted by atomic mass is 10.1. The van der Waals surface area contributed by atoms with Gasteiger partial charge in [0.15, 0.2) is 0 Å². The molecule has 0 radical (unpaired) electrons. The van der Waals surface area contributed by atoms with Crippen LogP contribution in [-0.2, 0) is 6.54 Å². The Morgan fingerprint density at radius 2 is 1.79 bits per heavy atom. The van der Waals surface area contributed by atoms with Crippen LogP contribution in [0.5, 0.6) is 5.75 Å². The monoisotopic (exact) mass is 329 g/mol. The molecule has 0 spiro atoms. The average molecular weight is 329 g/mol. The highest BCUT2D eigenvalue weighted by atomic mass is 16.5. The number of para-hydroxylation sites is 1. The van der Waals surface area contributed by atoms with Crippen LogP contribution in [0.25, 0.3) is 0 Å². The van der Waals surface area contributed by atoms with E-state index in [0.29, 0.717) is 12.2 Å². The molecule has 1 saturated heterocycles. The van der Waals surface area contributed by atoms with E-state index < -0.39 is 5.69 Å². The third-order valence-electron chi connectivity index (χ3n) is 4.44. The van der Waals surface area contributed by atoms with E-state index in [2.05, 4.69) is 40.8 Å². The molecule has 0 saturated carbocycles. The zero-order chi connectivity index (χ0) is 17.1. The van der Waals surface area contributed by atoms with E-state index in [1.54, 1.807) is 0 Å². The van der Waals surface area contributed by atoms with Crippen LogP contribution in [0.2, 0.25) is 0 Å². The van der Waals surface area contributed by atoms with Gasteiger partial charge in [-0.05, 0) is 37.8 Å². The number of hydrogen-bond acceptors (Lipinski definition) is 4. The van der Waals surface area contributed by atoms with E-state index in [0.717, 1.165) is 31.7 Å². The fourth-order valence-corrected chi connectivity index (χ4v) is 3.18. The van der Waals surface area contributed by atoms with Crippen LogP contribution in [0.1, 0.15) is 29.7 Å². The number of ether oxygens (including phenoxy) is 1. The van der Waals surface area contributed by atoms with Gasteiger partial charge < -0.3 is 9.72 Å². The number of piperidine rings is 1. The van der Waals surface area contributed by atoms with Crippen LogP contribution < -0.4 is 16.0 Å². The third-order valence-corrected chi connectivity index (χ3v) is 4.44. The maximum absolute atomic E-state index is 11.4. The molecule has 2 heterocycles. The summed E-state index contributed by atoms with van der Waals surface area (Å²) in [4.78, 5) is 29.8. The Morgan fingerprint density at radius 3 is 2.42 bits per heavy atom. The third kappa shape index (κ3) is 3.94. The van der Waals surface area contributed by atoms with Crippen molar-refractivity contribution in [2.75, 3.05) is 13.1 Å². The summed E-state index contributed by atoms with van der Waals surface area (Å²) >= 11 is 0. The molecular weight excluding hydrogens is 306 g/mol. The minimum atomic E-state index is -0.453. The Labute approximate surface area is 140 Å². The van der Waals surface area contributed by atoms with Crippen molar-refractivity contribution in [3.63, 3.8) is 0 Å². The van der Waals surface area contributed by atoms with Crippen LogP contribution >= 0.6 is 0 Å². The first-order chi connectivity index (χ1) is 11.5. The van der Waals surface area contributed by atoms with Gasteiger partial charge in [-0.1, -0.05) is 18.2 Å². The van der Waals surface area contributed by atoms with Crippen molar-refractivity contribution in [2.24, 2.45) is 0 Å². The molecule has 0 unspecified atom stereocenters. The molecule has 0 aliphatic carbocycles. The highest BCUT2D eigenvalue weighted by Gasteiger charge is 2.22. The van der Waals surface area contributed by atoms with E-state index >= 15 is 0 Å². The average Bonchev–Trinajstić information content (AvgIpc) is 2.52. The molecule has 2 N–H and O–H groups in total. The van der Waals surface area contributed by atoms with Crippen LogP contribution in [0.15, 0.2) is 33.9 Å². The van der Waals surface area contributed by atoms with Crippen LogP contribution in [0.4, 0.5) is 0 Å². The molecule has 3 rings (SSSR count). The normalized spacial score (nSPS) is 16.2. The summed E-state index contributed by atoms with van der Waals surface area (Å²) in [5.74, 6) is 0.995. The predicted octanol–water partition coefficient (Wildman–Crippen LogP) is 1.72. The van der Waals surface area contributed by atoms with E-state index in [9.17, 15) is 9.59 Å². The fraction of sp³-hybridized carbons (Fsp3) is 0.444. The molecule has 128 valence electrons. The minimum absolute atomic E-state index is 0.208. The molecule has 1 aliphatic rings. The molecule has 0 amide bonds. The summed E-state index contributed by atoms with van der Waals surface area (Å²) < 4.78 is 6.21. The molecule has 6 nitrogen and oxygen atoms in total. The standard InChI is InChI=1S/C18H23N3O3/c1-12-4-3-5-13(2)17(12)24-15-6-8-21(9-7-15)11-14-10-16(22)20-18(23)19-14/h3-5,10,15H,6-9,11H2,1-2H3,(H2,19,20,22,23). The Bertz CT molecular complexity index is 768. The molecule has 0 atom stereocenters. The van der Waals surface area contributed by atoms with Crippen LogP contribution in [-0.4, -0.2) is 34.1 Å². The molecule has 24 heavy (non-hydrogen) atoms. The number of nitrogens with zero attached hydrogens (tertiary/aromatic N) is 1. The molecule has 1 aliphatic heterocycles. The number of aryl methyl sites for hydroxylation is 2. The largest absolute Gasteiger partial charge is 0.490 e. The second-order valence-corrected chi connectivity index (χ2v) is 6.43. The van der Waals surface area contributed by atoms with Gasteiger partial charge in [-0.2, -0.15) is 0 Å². The summed E-state index contributed by atoms with van der Waals surface area (Å²) in [7, 11) is 0. The predicted molar refractivity (Wildman–Crippen MR) is 92.5 cm³/mol. The number of H-pyrrole nitrogens is 2. The van der Waals surface area contributed by atoms with Gasteiger partial charge in [0.25, 0.3) is 5.56 Å². The maximum atomic E-state index is 11.4. The zero-order valence-electron chi connectivity index (χ0n) is 14.1. The molecule has 1 fully saturated rings. The van der Waals surface area contributed by atoms with Gasteiger partial charge in [0.1, 0.15) is 11.9 Å². The van der Waals surface area contributed by atoms with Crippen molar-refractivity contribution in [3.05, 3.63) is 61.9 Å². The van der Waals surface area contributed by atoms with Gasteiger partial charge in [0.2, 0.25) is 0 Å². The summed E-state index contributed by atoms with van der Waals surface area (Å²) in [5, 5.41) is 0. The molecule has 6 heteroatoms. The number of aromatic amines is 2. The lowest BCUT2D eigenvalue weighted by molar-refractivity contribution is 0.0949. The van der Waals surface area contributed by atoms with Gasteiger partial charge in [0, 0.05) is 31.4 Å². The highest BCUT2D eigenvalue weighted by Crippen LogP contribution is 2.26. The fourth-order valence-electron chi connectivity index (χ4n) is 3.18. The Balaban J connectivity index is 1.58. The van der Waals surface area contributed by atoms with E-state index in [1.165, 1.54) is 17.2 Å². The van der Waals surface area contributed by atoms with E-state index in [-0.39, 0.29) is 11.7 Å². The molecule has 1 aromatic heterocycles. The number of likely N-dealkylation sites (tertiary alicyclic amines) is 1. The Kier molecular flexibility index (Phi) is 4.85. The smallest absolute Gasteiger partial charge is 0.325 e. The summed E-state index contributed by atoms with van der Waals surface area (Å²) in [5.41, 5.74) is 2.17. The topological polar surface area (TPSA) is 78.2 Å². The second kappa shape index (κ2) is 7.05. The van der Waals surface area contributed by atoms with E-state index in [4.69, 9.17) is 4.74 Å². The SMILES string of the molecule is Cc1cccc(C)c1OC1CCN(Cc2cc(=O)[nH]c(=O)[nH]2)CC1. The Morgan fingerprint density at radius 1 is 1.12 bits per heavy atom. The first kappa shape index (κ1) is 16.5. The number of nitrogens with one attached hydrogen (secondary N) is 2. The van der Waals surface area contributed by atoms with Crippen molar-refractivity contribution in [1.82, 2.24) is 14.9 Å². The molecular formula is C18H23N3O3. The van der Waals surface area contributed by atoms with Gasteiger partial charge in [-0.25, -0.2) is 4.79 Å². The van der Waals surface area contributed by atoms with Crippen molar-refractivity contribution < 1.29 is 4.74 Å². The number of benzene rings is 1. The van der Waals surface area contributed by atoms with Crippen molar-refractivity contribution in [1.29, 1.82) is 0 Å². The summed E-state index contributed by atoms with van der Waals surface area (Å²) in [6.45, 7) is 6.48. The molecule has 2 aromatic rings. The minimum Gasteiger partial charge on any atom is -0.490 e. The van der Waals surface area contributed by atoms with Crippen LogP contribution in [0, 0.1) is 13.8 Å². The zero-order valence-corrected chi connectivity index (χ0v) is 14.1. The molecule has 1 aromatic carbocycles. The molecule has 0 bridgehead atoms. The first-order valence-corrected chi connectivity index (χ1v) is 8.29. The first-order valence-electron chi connectivity index (χ1n) is 8.29. The van der Waals surface area contributed by atoms with Gasteiger partial charge >= 0.3 is 5.69 Å². The highest BCUT2D eigenvalue weighted by molar-refractivity contribution is 5.39. The maximum Gasteiger partial charge on any atom is 0.325 e. The quantitative estimate of drug-likeness (QED) is 0.895. The second-order valence-electron chi connectivity index (χ2n) is 6.43. The lowest BCUT2D eigenvalue weighted by Crippen LogP contribution is -2.38. The number of hydrogen-bond donors (Lipinski definition) is 2. The number of aromatic nitrogens is 2. The van der Waals surface area contributed by atoms with Crippen molar-refractivity contribution >= 4 is 0 Å². The summed E-state index contributed by atoms with van der Waals surface area (Å²) in [6, 6.07) is 7.63. The van der Waals surface area contributed by atoms with Gasteiger partial charge in [-0.3, -0.25) is 14.7 Å². The Hall–Kier alpha value is -2.34.